The first-order valence-electron chi connectivity index (χ1n) is 6.28. The number of amides is 1. The Balaban J connectivity index is 1.76. The van der Waals surface area contributed by atoms with Crippen molar-refractivity contribution in [2.75, 3.05) is 26.4 Å². The maximum atomic E-state index is 11.8. The molecule has 2 rings (SSSR count). The predicted octanol–water partition coefficient (Wildman–Crippen LogP) is 1.53. The van der Waals surface area contributed by atoms with E-state index < -0.39 is 0 Å². The Hall–Kier alpha value is -1.70. The van der Waals surface area contributed by atoms with Crippen molar-refractivity contribution in [2.45, 2.75) is 6.42 Å². The van der Waals surface area contributed by atoms with Crippen molar-refractivity contribution < 1.29 is 19.2 Å². The van der Waals surface area contributed by atoms with Gasteiger partial charge in [0, 0.05) is 19.2 Å². The summed E-state index contributed by atoms with van der Waals surface area (Å²) >= 11 is 1.53. The molecule has 2 heterocycles. The van der Waals surface area contributed by atoms with Crippen LogP contribution in [-0.2, 0) is 4.74 Å². The Kier molecular flexibility index (Phi) is 5.72. The zero-order chi connectivity index (χ0) is 14.2. The average Bonchev–Trinajstić information content (AvgIpc) is 3.12. The minimum Gasteiger partial charge on any atom is -0.394 e. The molecule has 6 nitrogen and oxygen atoms in total. The summed E-state index contributed by atoms with van der Waals surface area (Å²) in [6, 6.07) is 5.45. The van der Waals surface area contributed by atoms with Crippen LogP contribution in [0.1, 0.15) is 16.9 Å². The van der Waals surface area contributed by atoms with Crippen molar-refractivity contribution >= 4 is 17.2 Å². The summed E-state index contributed by atoms with van der Waals surface area (Å²) in [6.07, 6.45) is 0.682. The van der Waals surface area contributed by atoms with E-state index in [1.807, 2.05) is 17.5 Å². The van der Waals surface area contributed by atoms with Crippen LogP contribution in [0.3, 0.4) is 0 Å². The van der Waals surface area contributed by atoms with Crippen molar-refractivity contribution in [3.05, 3.63) is 29.3 Å². The number of thiophene rings is 1. The van der Waals surface area contributed by atoms with Crippen LogP contribution in [0.4, 0.5) is 0 Å². The quantitative estimate of drug-likeness (QED) is 0.722. The molecule has 0 bridgehead atoms. The first kappa shape index (κ1) is 14.7. The molecule has 1 amide bonds. The van der Waals surface area contributed by atoms with Crippen LogP contribution < -0.4 is 5.32 Å². The van der Waals surface area contributed by atoms with Crippen molar-refractivity contribution in [2.24, 2.45) is 0 Å². The SMILES string of the molecule is O=C(NCCCOCCO)c1cc(-c2cccs2)on1. The Morgan fingerprint density at radius 1 is 1.50 bits per heavy atom. The summed E-state index contributed by atoms with van der Waals surface area (Å²) in [5, 5.41) is 17.0. The molecule has 0 atom stereocenters. The molecule has 0 aliphatic rings. The summed E-state index contributed by atoms with van der Waals surface area (Å²) in [5.74, 6) is 0.329. The molecule has 108 valence electrons. The largest absolute Gasteiger partial charge is 0.394 e. The van der Waals surface area contributed by atoms with Crippen molar-refractivity contribution in [3.63, 3.8) is 0 Å². The van der Waals surface area contributed by atoms with E-state index in [0.29, 0.717) is 31.9 Å². The fraction of sp³-hybridized carbons (Fsp3) is 0.385. The van der Waals surface area contributed by atoms with Gasteiger partial charge in [-0.1, -0.05) is 11.2 Å². The van der Waals surface area contributed by atoms with E-state index in [1.54, 1.807) is 6.07 Å². The number of hydrogen-bond acceptors (Lipinski definition) is 6. The molecule has 2 aromatic rings. The standard InChI is InChI=1S/C13H16N2O4S/c16-5-7-18-6-2-4-14-13(17)10-9-11(19-15-10)12-3-1-8-20-12/h1,3,8-9,16H,2,4-7H2,(H,14,17). The number of nitrogens with one attached hydrogen (secondary N) is 1. The van der Waals surface area contributed by atoms with Gasteiger partial charge >= 0.3 is 0 Å². The Morgan fingerprint density at radius 2 is 2.40 bits per heavy atom. The molecule has 0 saturated heterocycles. The molecule has 20 heavy (non-hydrogen) atoms. The second kappa shape index (κ2) is 7.78. The van der Waals surface area contributed by atoms with E-state index in [-0.39, 0.29) is 18.2 Å². The highest BCUT2D eigenvalue weighted by Gasteiger charge is 2.13. The van der Waals surface area contributed by atoms with E-state index in [9.17, 15) is 4.79 Å². The molecule has 0 spiro atoms. The molecule has 2 N–H and O–H groups in total. The molecule has 0 aliphatic heterocycles. The third-order valence-electron chi connectivity index (χ3n) is 2.49. The maximum absolute atomic E-state index is 11.8. The van der Waals surface area contributed by atoms with Gasteiger partial charge in [-0.05, 0) is 17.9 Å². The summed E-state index contributed by atoms with van der Waals surface area (Å²) in [5.41, 5.74) is 0.268. The highest BCUT2D eigenvalue weighted by Crippen LogP contribution is 2.24. The van der Waals surface area contributed by atoms with Gasteiger partial charge in [0.25, 0.3) is 5.91 Å². The predicted molar refractivity (Wildman–Crippen MR) is 74.7 cm³/mol. The van der Waals surface area contributed by atoms with E-state index >= 15 is 0 Å². The average molecular weight is 296 g/mol. The molecule has 7 heteroatoms. The number of carbonyl (C=O) groups excluding carboxylic acids is 1. The fourth-order valence-electron chi connectivity index (χ4n) is 1.55. The lowest BCUT2D eigenvalue weighted by Gasteiger charge is -2.03. The lowest BCUT2D eigenvalue weighted by Crippen LogP contribution is -2.25. The number of aliphatic hydroxyl groups is 1. The zero-order valence-electron chi connectivity index (χ0n) is 10.9. The molecule has 0 aromatic carbocycles. The smallest absolute Gasteiger partial charge is 0.273 e. The van der Waals surface area contributed by atoms with Gasteiger partial charge in [-0.2, -0.15) is 0 Å². The first-order chi connectivity index (χ1) is 9.81. The van der Waals surface area contributed by atoms with Crippen LogP contribution in [0.25, 0.3) is 10.6 Å². The lowest BCUT2D eigenvalue weighted by molar-refractivity contribution is 0.0864. The molecule has 0 radical (unpaired) electrons. The number of rotatable bonds is 8. The molecule has 2 aromatic heterocycles. The van der Waals surface area contributed by atoms with Crippen molar-refractivity contribution in [3.8, 4) is 10.6 Å². The van der Waals surface area contributed by atoms with Gasteiger partial charge in [0.05, 0.1) is 18.1 Å². The Labute approximate surface area is 120 Å². The Morgan fingerprint density at radius 3 is 3.15 bits per heavy atom. The zero-order valence-corrected chi connectivity index (χ0v) is 11.7. The second-order valence-corrected chi connectivity index (χ2v) is 4.95. The number of aliphatic hydroxyl groups excluding tert-OH is 1. The summed E-state index contributed by atoms with van der Waals surface area (Å²) in [7, 11) is 0. The summed E-state index contributed by atoms with van der Waals surface area (Å²) in [4.78, 5) is 12.7. The number of ether oxygens (including phenoxy) is 1. The van der Waals surface area contributed by atoms with Gasteiger partial charge in [-0.25, -0.2) is 0 Å². The number of aromatic nitrogens is 1. The minimum atomic E-state index is -0.265. The summed E-state index contributed by atoms with van der Waals surface area (Å²) < 4.78 is 10.2. The monoisotopic (exact) mass is 296 g/mol. The van der Waals surface area contributed by atoms with Gasteiger partial charge in [-0.3, -0.25) is 4.79 Å². The van der Waals surface area contributed by atoms with E-state index in [2.05, 4.69) is 10.5 Å². The van der Waals surface area contributed by atoms with Crippen LogP contribution in [0.2, 0.25) is 0 Å². The first-order valence-corrected chi connectivity index (χ1v) is 7.16. The van der Waals surface area contributed by atoms with Crippen molar-refractivity contribution in [1.29, 1.82) is 0 Å². The Bertz CT molecular complexity index is 524. The third-order valence-corrected chi connectivity index (χ3v) is 3.38. The van der Waals surface area contributed by atoms with Gasteiger partial charge in [-0.15, -0.1) is 11.3 Å². The fourth-order valence-corrected chi connectivity index (χ4v) is 2.22. The maximum Gasteiger partial charge on any atom is 0.273 e. The van der Waals surface area contributed by atoms with Gasteiger partial charge < -0.3 is 19.7 Å². The highest BCUT2D eigenvalue weighted by atomic mass is 32.1. The van der Waals surface area contributed by atoms with Crippen LogP contribution in [0, 0.1) is 0 Å². The van der Waals surface area contributed by atoms with Crippen LogP contribution in [0.5, 0.6) is 0 Å². The van der Waals surface area contributed by atoms with Gasteiger partial charge in [0.1, 0.15) is 0 Å². The van der Waals surface area contributed by atoms with Crippen LogP contribution >= 0.6 is 11.3 Å². The van der Waals surface area contributed by atoms with E-state index in [1.165, 1.54) is 11.3 Å². The molecule has 0 unspecified atom stereocenters. The van der Waals surface area contributed by atoms with Crippen molar-refractivity contribution in [1.82, 2.24) is 10.5 Å². The minimum absolute atomic E-state index is 0.0107. The van der Waals surface area contributed by atoms with Gasteiger partial charge in [0.2, 0.25) is 0 Å². The highest BCUT2D eigenvalue weighted by molar-refractivity contribution is 7.13. The van der Waals surface area contributed by atoms with Gasteiger partial charge in [0.15, 0.2) is 11.5 Å². The molecular weight excluding hydrogens is 280 g/mol. The molecule has 0 aliphatic carbocycles. The van der Waals surface area contributed by atoms with Crippen LogP contribution in [0.15, 0.2) is 28.1 Å². The number of carbonyl (C=O) groups is 1. The number of nitrogens with zero attached hydrogens (tertiary/aromatic N) is 1. The van der Waals surface area contributed by atoms with E-state index in [4.69, 9.17) is 14.4 Å². The molecular formula is C13H16N2O4S. The molecule has 0 saturated carbocycles. The normalized spacial score (nSPS) is 10.7. The summed E-state index contributed by atoms with van der Waals surface area (Å²) in [6.45, 7) is 1.32. The second-order valence-electron chi connectivity index (χ2n) is 4.00. The molecule has 0 fully saturated rings. The third kappa shape index (κ3) is 4.16. The van der Waals surface area contributed by atoms with Crippen LogP contribution in [-0.4, -0.2) is 42.5 Å². The topological polar surface area (TPSA) is 84.6 Å². The number of hydrogen-bond donors (Lipinski definition) is 2. The van der Waals surface area contributed by atoms with E-state index in [0.717, 1.165) is 4.88 Å². The lowest BCUT2D eigenvalue weighted by atomic mass is 10.3.